The summed E-state index contributed by atoms with van der Waals surface area (Å²) in [6, 6.07) is 8.46. The minimum Gasteiger partial charge on any atom is -0.507 e. The Morgan fingerprint density at radius 2 is 2.03 bits per heavy atom. The first-order chi connectivity index (χ1) is 14.4. The number of thiophene rings is 1. The van der Waals surface area contributed by atoms with Gasteiger partial charge in [0.15, 0.2) is 0 Å². The summed E-state index contributed by atoms with van der Waals surface area (Å²) < 4.78 is 10.8. The molecule has 6 nitrogen and oxygen atoms in total. The summed E-state index contributed by atoms with van der Waals surface area (Å²) in [5, 5.41) is 13.0. The number of aliphatic hydroxyl groups excluding tert-OH is 1. The number of aliphatic hydroxyl groups is 1. The molecule has 1 aromatic carbocycles. The van der Waals surface area contributed by atoms with E-state index in [-0.39, 0.29) is 23.8 Å². The van der Waals surface area contributed by atoms with Gasteiger partial charge in [-0.2, -0.15) is 0 Å². The molecule has 1 unspecified atom stereocenters. The maximum absolute atomic E-state index is 12.9. The third-order valence-corrected chi connectivity index (χ3v) is 6.02. The predicted molar refractivity (Wildman–Crippen MR) is 117 cm³/mol. The van der Waals surface area contributed by atoms with E-state index in [1.807, 2.05) is 44.4 Å². The summed E-state index contributed by atoms with van der Waals surface area (Å²) in [5.41, 5.74) is 1.54. The van der Waals surface area contributed by atoms with Crippen molar-refractivity contribution in [2.24, 2.45) is 0 Å². The second-order valence-electron chi connectivity index (χ2n) is 7.34. The van der Waals surface area contributed by atoms with Crippen LogP contribution in [0.5, 0.6) is 5.75 Å². The number of hydrogen-bond donors (Lipinski definition) is 1. The number of hydrogen-bond acceptors (Lipinski definition) is 6. The number of methoxy groups -OCH3 is 1. The lowest BCUT2D eigenvalue weighted by molar-refractivity contribution is -0.140. The van der Waals surface area contributed by atoms with E-state index in [9.17, 15) is 14.7 Å². The molecule has 1 N–H and O–H groups in total. The molecule has 0 radical (unpaired) electrons. The molecule has 1 saturated heterocycles. The molecular formula is C23H27NO5S. The van der Waals surface area contributed by atoms with Crippen LogP contribution in [0.2, 0.25) is 0 Å². The normalized spacial score (nSPS) is 18.4. The number of likely N-dealkylation sites (tertiary alicyclic amines) is 1. The van der Waals surface area contributed by atoms with Crippen molar-refractivity contribution in [3.05, 3.63) is 57.3 Å². The predicted octanol–water partition coefficient (Wildman–Crippen LogP) is 4.34. The number of ether oxygens (including phenoxy) is 2. The molecule has 7 heteroatoms. The Labute approximate surface area is 180 Å². The number of amides is 1. The number of benzene rings is 1. The highest BCUT2D eigenvalue weighted by Crippen LogP contribution is 2.41. The van der Waals surface area contributed by atoms with Gasteiger partial charge in [0.05, 0.1) is 24.8 Å². The van der Waals surface area contributed by atoms with E-state index in [0.717, 1.165) is 16.2 Å². The Morgan fingerprint density at radius 1 is 1.27 bits per heavy atom. The first-order valence-electron chi connectivity index (χ1n) is 9.98. The zero-order chi connectivity index (χ0) is 21.8. The summed E-state index contributed by atoms with van der Waals surface area (Å²) in [6.45, 7) is 7.10. The van der Waals surface area contributed by atoms with Crippen LogP contribution >= 0.6 is 11.3 Å². The molecule has 3 rings (SSSR count). The lowest BCUT2D eigenvalue weighted by Gasteiger charge is -2.23. The average molecular weight is 430 g/mol. The van der Waals surface area contributed by atoms with Gasteiger partial charge in [-0.25, -0.2) is 0 Å². The van der Waals surface area contributed by atoms with Crippen molar-refractivity contribution in [3.63, 3.8) is 0 Å². The van der Waals surface area contributed by atoms with Crippen molar-refractivity contribution in [1.82, 2.24) is 4.90 Å². The van der Waals surface area contributed by atoms with Crippen LogP contribution in [-0.4, -0.2) is 48.6 Å². The number of nitrogens with zero attached hydrogens (tertiary/aromatic N) is 1. The van der Waals surface area contributed by atoms with Crippen molar-refractivity contribution < 1.29 is 24.2 Å². The van der Waals surface area contributed by atoms with Crippen molar-refractivity contribution in [3.8, 4) is 5.75 Å². The van der Waals surface area contributed by atoms with Crippen LogP contribution in [-0.2, 0) is 14.3 Å². The maximum atomic E-state index is 12.9. The lowest BCUT2D eigenvalue weighted by Crippen LogP contribution is -2.32. The van der Waals surface area contributed by atoms with Crippen LogP contribution < -0.4 is 4.74 Å². The molecule has 1 atom stereocenters. The fourth-order valence-corrected chi connectivity index (χ4v) is 4.48. The molecule has 2 heterocycles. The van der Waals surface area contributed by atoms with E-state index in [0.29, 0.717) is 18.8 Å². The lowest BCUT2D eigenvalue weighted by atomic mass is 9.95. The standard InChI is InChI=1S/C23H27NO5S/c1-5-29-17-9-8-15(13-16(17)14(2)3)21(25)19-20(18-7-6-12-30-18)24(10-11-28-4)23(27)22(19)26/h6-9,12-14,20,25H,5,10-11H2,1-4H3/b21-19-. The van der Waals surface area contributed by atoms with Gasteiger partial charge in [-0.1, -0.05) is 19.9 Å². The largest absolute Gasteiger partial charge is 0.507 e. The summed E-state index contributed by atoms with van der Waals surface area (Å²) in [5.74, 6) is -0.559. The molecule has 1 aromatic heterocycles. The summed E-state index contributed by atoms with van der Waals surface area (Å²) in [6.07, 6.45) is 0. The van der Waals surface area contributed by atoms with Gasteiger partial charge in [0.25, 0.3) is 11.7 Å². The van der Waals surface area contributed by atoms with Crippen LogP contribution in [0.15, 0.2) is 41.3 Å². The number of carbonyl (C=O) groups is 2. The zero-order valence-corrected chi connectivity index (χ0v) is 18.5. The van der Waals surface area contributed by atoms with Gasteiger partial charge in [0, 0.05) is 24.1 Å². The fraction of sp³-hybridized carbons (Fsp3) is 0.391. The molecule has 30 heavy (non-hydrogen) atoms. The smallest absolute Gasteiger partial charge is 0.295 e. The molecule has 1 aliphatic rings. The van der Waals surface area contributed by atoms with Crippen molar-refractivity contribution in [1.29, 1.82) is 0 Å². The van der Waals surface area contributed by atoms with Gasteiger partial charge in [0.2, 0.25) is 0 Å². The van der Waals surface area contributed by atoms with E-state index >= 15 is 0 Å². The minimum atomic E-state index is -0.679. The van der Waals surface area contributed by atoms with Crippen LogP contribution in [0, 0.1) is 0 Å². The van der Waals surface area contributed by atoms with E-state index in [1.165, 1.54) is 16.2 Å². The maximum Gasteiger partial charge on any atom is 0.295 e. The molecule has 1 amide bonds. The second-order valence-corrected chi connectivity index (χ2v) is 8.32. The Kier molecular flexibility index (Phi) is 6.95. The Balaban J connectivity index is 2.13. The molecule has 1 fully saturated rings. The SMILES string of the molecule is CCOc1ccc(/C(O)=C2/C(=O)C(=O)N(CCOC)C2c2cccs2)cc1C(C)C. The summed E-state index contributed by atoms with van der Waals surface area (Å²) in [7, 11) is 1.55. The first-order valence-corrected chi connectivity index (χ1v) is 10.9. The van der Waals surface area contributed by atoms with Gasteiger partial charge in [-0.3, -0.25) is 9.59 Å². The van der Waals surface area contributed by atoms with Gasteiger partial charge in [0.1, 0.15) is 11.5 Å². The third-order valence-electron chi connectivity index (χ3n) is 5.09. The number of carbonyl (C=O) groups excluding carboxylic acids is 2. The molecule has 0 spiro atoms. The van der Waals surface area contributed by atoms with Crippen molar-refractivity contribution in [2.45, 2.75) is 32.7 Å². The number of ketones is 1. The Morgan fingerprint density at radius 3 is 2.63 bits per heavy atom. The van der Waals surface area contributed by atoms with Crippen LogP contribution in [0.25, 0.3) is 5.76 Å². The Hall–Kier alpha value is -2.64. The molecular weight excluding hydrogens is 402 g/mol. The first kappa shape index (κ1) is 22.1. The van der Waals surface area contributed by atoms with Crippen LogP contribution in [0.3, 0.4) is 0 Å². The van der Waals surface area contributed by atoms with Crippen molar-refractivity contribution in [2.75, 3.05) is 26.9 Å². The molecule has 2 aromatic rings. The monoisotopic (exact) mass is 429 g/mol. The molecule has 1 aliphatic heterocycles. The van der Waals surface area contributed by atoms with Crippen LogP contribution in [0.4, 0.5) is 0 Å². The zero-order valence-electron chi connectivity index (χ0n) is 17.7. The minimum absolute atomic E-state index is 0.109. The van der Waals surface area contributed by atoms with Gasteiger partial charge in [-0.15, -0.1) is 11.3 Å². The molecule has 0 aliphatic carbocycles. The topological polar surface area (TPSA) is 76.1 Å². The number of rotatable bonds is 8. The van der Waals surface area contributed by atoms with E-state index in [1.54, 1.807) is 19.2 Å². The van der Waals surface area contributed by atoms with E-state index in [4.69, 9.17) is 9.47 Å². The summed E-state index contributed by atoms with van der Waals surface area (Å²) in [4.78, 5) is 27.9. The quantitative estimate of drug-likeness (QED) is 0.384. The highest BCUT2D eigenvalue weighted by molar-refractivity contribution is 7.10. The van der Waals surface area contributed by atoms with E-state index in [2.05, 4.69) is 0 Å². The fourth-order valence-electron chi connectivity index (χ4n) is 3.63. The Bertz CT molecular complexity index is 949. The van der Waals surface area contributed by atoms with Crippen molar-refractivity contribution >= 4 is 28.8 Å². The van der Waals surface area contributed by atoms with Gasteiger partial charge >= 0.3 is 0 Å². The highest BCUT2D eigenvalue weighted by atomic mass is 32.1. The summed E-state index contributed by atoms with van der Waals surface area (Å²) >= 11 is 1.44. The molecule has 160 valence electrons. The molecule has 0 bridgehead atoms. The highest BCUT2D eigenvalue weighted by Gasteiger charge is 2.46. The molecule has 0 saturated carbocycles. The third kappa shape index (κ3) is 4.13. The number of Topliss-reactive ketones (excluding diaryl/α,β-unsaturated/α-hetero) is 1. The van der Waals surface area contributed by atoms with Crippen LogP contribution in [0.1, 0.15) is 48.7 Å². The van der Waals surface area contributed by atoms with Gasteiger partial charge < -0.3 is 19.5 Å². The van der Waals surface area contributed by atoms with E-state index < -0.39 is 17.7 Å². The van der Waals surface area contributed by atoms with Gasteiger partial charge in [-0.05, 0) is 48.1 Å². The average Bonchev–Trinajstić information content (AvgIpc) is 3.34. The second kappa shape index (κ2) is 9.45.